The average Bonchev–Trinajstić information content (AvgIpc) is 2.42. The molecular weight excluding hydrogens is 286 g/mol. The summed E-state index contributed by atoms with van der Waals surface area (Å²) in [5, 5.41) is 11.5. The maximum Gasteiger partial charge on any atom is 0.419 e. The molecule has 2 aromatic carbocycles. The Morgan fingerprint density at radius 1 is 1.14 bits per heavy atom. The molecule has 0 aliphatic rings. The van der Waals surface area contributed by atoms with Crippen molar-refractivity contribution in [3.05, 3.63) is 53.3 Å². The fraction of sp³-hybridized carbons (Fsp3) is 0.0714. The summed E-state index contributed by atoms with van der Waals surface area (Å²) in [6, 6.07) is 8.90. The van der Waals surface area contributed by atoms with Crippen LogP contribution in [0.3, 0.4) is 0 Å². The standard InChI is InChI=1S/C14H9F4N3/c15-11-5-4-9(6-10(11)14(16,17)18)21-12-3-1-2-8(7-19)13(12)20/h1-6,21H,20H2. The van der Waals surface area contributed by atoms with Gasteiger partial charge in [-0.2, -0.15) is 18.4 Å². The largest absolute Gasteiger partial charge is 0.419 e. The highest BCUT2D eigenvalue weighted by Crippen LogP contribution is 2.34. The third-order valence-corrected chi connectivity index (χ3v) is 2.78. The maximum atomic E-state index is 13.2. The average molecular weight is 295 g/mol. The Labute approximate surface area is 117 Å². The number of alkyl halides is 3. The molecule has 0 amide bonds. The first kappa shape index (κ1) is 14.7. The van der Waals surface area contributed by atoms with E-state index in [4.69, 9.17) is 11.0 Å². The van der Waals surface area contributed by atoms with Crippen molar-refractivity contribution < 1.29 is 17.6 Å². The summed E-state index contributed by atoms with van der Waals surface area (Å²) < 4.78 is 51.1. The van der Waals surface area contributed by atoms with Gasteiger partial charge in [-0.1, -0.05) is 6.07 Å². The maximum absolute atomic E-state index is 13.2. The number of rotatable bonds is 2. The van der Waals surface area contributed by atoms with Gasteiger partial charge >= 0.3 is 6.18 Å². The summed E-state index contributed by atoms with van der Waals surface area (Å²) in [7, 11) is 0. The highest BCUT2D eigenvalue weighted by molar-refractivity contribution is 5.77. The van der Waals surface area contributed by atoms with Gasteiger partial charge in [-0.05, 0) is 30.3 Å². The van der Waals surface area contributed by atoms with Crippen LogP contribution in [0.25, 0.3) is 0 Å². The highest BCUT2D eigenvalue weighted by atomic mass is 19.4. The molecule has 7 heteroatoms. The van der Waals surface area contributed by atoms with Crippen LogP contribution in [0.1, 0.15) is 11.1 Å². The molecule has 0 saturated heterocycles. The molecule has 108 valence electrons. The van der Waals surface area contributed by atoms with Crippen LogP contribution < -0.4 is 11.1 Å². The molecule has 0 spiro atoms. The number of nitrogens with two attached hydrogens (primary N) is 1. The van der Waals surface area contributed by atoms with Crippen molar-refractivity contribution in [2.24, 2.45) is 0 Å². The summed E-state index contributed by atoms with van der Waals surface area (Å²) in [6.45, 7) is 0. The molecule has 0 atom stereocenters. The van der Waals surface area contributed by atoms with Gasteiger partial charge in [0.25, 0.3) is 0 Å². The quantitative estimate of drug-likeness (QED) is 0.649. The van der Waals surface area contributed by atoms with Crippen molar-refractivity contribution in [1.82, 2.24) is 0 Å². The molecule has 0 aromatic heterocycles. The van der Waals surface area contributed by atoms with E-state index in [-0.39, 0.29) is 22.6 Å². The van der Waals surface area contributed by atoms with E-state index in [9.17, 15) is 17.6 Å². The van der Waals surface area contributed by atoms with E-state index in [1.165, 1.54) is 18.2 Å². The monoisotopic (exact) mass is 295 g/mol. The fourth-order valence-corrected chi connectivity index (χ4v) is 1.75. The molecule has 0 heterocycles. The van der Waals surface area contributed by atoms with Crippen molar-refractivity contribution in [3.8, 4) is 6.07 Å². The number of hydrogen-bond acceptors (Lipinski definition) is 3. The van der Waals surface area contributed by atoms with Gasteiger partial charge in [0.05, 0.1) is 22.5 Å². The lowest BCUT2D eigenvalue weighted by atomic mass is 10.1. The van der Waals surface area contributed by atoms with E-state index in [1.807, 2.05) is 6.07 Å². The van der Waals surface area contributed by atoms with Gasteiger partial charge in [-0.15, -0.1) is 0 Å². The number of nitrogens with one attached hydrogen (secondary N) is 1. The molecule has 2 aromatic rings. The van der Waals surface area contributed by atoms with Gasteiger partial charge in [0, 0.05) is 5.69 Å². The Balaban J connectivity index is 2.40. The smallest absolute Gasteiger partial charge is 0.396 e. The Morgan fingerprint density at radius 3 is 2.48 bits per heavy atom. The predicted octanol–water partition coefficient (Wildman–Crippen LogP) is 4.04. The number of benzene rings is 2. The van der Waals surface area contributed by atoms with Crippen LogP contribution in [0.4, 0.5) is 34.6 Å². The van der Waals surface area contributed by atoms with E-state index in [0.29, 0.717) is 6.07 Å². The molecule has 0 aliphatic carbocycles. The van der Waals surface area contributed by atoms with Crippen LogP contribution in [-0.4, -0.2) is 0 Å². The molecule has 0 radical (unpaired) electrons. The number of hydrogen-bond donors (Lipinski definition) is 2. The minimum atomic E-state index is -4.79. The van der Waals surface area contributed by atoms with Gasteiger partial charge in [-0.25, -0.2) is 4.39 Å². The number of nitrogens with zero attached hydrogens (tertiary/aromatic N) is 1. The predicted molar refractivity (Wildman–Crippen MR) is 70.3 cm³/mol. The van der Waals surface area contributed by atoms with Crippen LogP contribution in [0, 0.1) is 17.1 Å². The summed E-state index contributed by atoms with van der Waals surface area (Å²) in [6.07, 6.45) is -4.79. The second-order valence-electron chi connectivity index (χ2n) is 4.20. The van der Waals surface area contributed by atoms with Crippen LogP contribution in [0.15, 0.2) is 36.4 Å². The summed E-state index contributed by atoms with van der Waals surface area (Å²) in [5.74, 6) is -1.35. The highest BCUT2D eigenvalue weighted by Gasteiger charge is 2.34. The third-order valence-electron chi connectivity index (χ3n) is 2.78. The van der Waals surface area contributed by atoms with E-state index in [0.717, 1.165) is 12.1 Å². The zero-order valence-electron chi connectivity index (χ0n) is 10.5. The van der Waals surface area contributed by atoms with Gasteiger partial charge < -0.3 is 11.1 Å². The molecule has 0 unspecified atom stereocenters. The SMILES string of the molecule is N#Cc1cccc(Nc2ccc(F)c(C(F)(F)F)c2)c1N. The van der Waals surface area contributed by atoms with E-state index in [1.54, 1.807) is 0 Å². The first-order valence-corrected chi connectivity index (χ1v) is 5.75. The molecule has 0 saturated carbocycles. The van der Waals surface area contributed by atoms with Gasteiger partial charge in [0.2, 0.25) is 0 Å². The molecule has 0 bridgehead atoms. The number of halogens is 4. The summed E-state index contributed by atoms with van der Waals surface area (Å²) in [4.78, 5) is 0. The van der Waals surface area contributed by atoms with Crippen molar-refractivity contribution in [1.29, 1.82) is 5.26 Å². The van der Waals surface area contributed by atoms with Gasteiger partial charge in [0.1, 0.15) is 11.9 Å². The Morgan fingerprint density at radius 2 is 1.86 bits per heavy atom. The second kappa shape index (κ2) is 5.32. The van der Waals surface area contributed by atoms with Crippen molar-refractivity contribution in [2.45, 2.75) is 6.18 Å². The topological polar surface area (TPSA) is 61.8 Å². The van der Waals surface area contributed by atoms with Crippen LogP contribution in [0.2, 0.25) is 0 Å². The zero-order chi connectivity index (χ0) is 15.6. The van der Waals surface area contributed by atoms with E-state index >= 15 is 0 Å². The summed E-state index contributed by atoms with van der Waals surface area (Å²) >= 11 is 0. The lowest BCUT2D eigenvalue weighted by Crippen LogP contribution is -2.09. The fourth-order valence-electron chi connectivity index (χ4n) is 1.75. The lowest BCUT2D eigenvalue weighted by molar-refractivity contribution is -0.139. The lowest BCUT2D eigenvalue weighted by Gasteiger charge is -2.13. The van der Waals surface area contributed by atoms with E-state index < -0.39 is 17.6 Å². The van der Waals surface area contributed by atoms with Gasteiger partial charge in [-0.3, -0.25) is 0 Å². The van der Waals surface area contributed by atoms with Crippen LogP contribution in [-0.2, 0) is 6.18 Å². The molecule has 3 nitrogen and oxygen atoms in total. The van der Waals surface area contributed by atoms with Crippen LogP contribution >= 0.6 is 0 Å². The van der Waals surface area contributed by atoms with Gasteiger partial charge in [0.15, 0.2) is 0 Å². The molecule has 0 aliphatic heterocycles. The van der Waals surface area contributed by atoms with Crippen LogP contribution in [0.5, 0.6) is 0 Å². The molecular formula is C14H9F4N3. The van der Waals surface area contributed by atoms with Crippen molar-refractivity contribution in [3.63, 3.8) is 0 Å². The minimum Gasteiger partial charge on any atom is -0.396 e. The first-order chi connectivity index (χ1) is 9.82. The number of nitrogen functional groups attached to an aromatic ring is 1. The van der Waals surface area contributed by atoms with E-state index in [2.05, 4.69) is 5.32 Å². The zero-order valence-corrected chi connectivity index (χ0v) is 10.5. The second-order valence-corrected chi connectivity index (χ2v) is 4.20. The molecule has 0 fully saturated rings. The number of nitriles is 1. The first-order valence-electron chi connectivity index (χ1n) is 5.75. The number of anilines is 3. The molecule has 21 heavy (non-hydrogen) atoms. The van der Waals surface area contributed by atoms with Crippen molar-refractivity contribution in [2.75, 3.05) is 11.1 Å². The Hall–Kier alpha value is -2.75. The number of para-hydroxylation sites is 1. The molecule has 2 rings (SSSR count). The normalized spacial score (nSPS) is 11.0. The van der Waals surface area contributed by atoms with Crippen molar-refractivity contribution >= 4 is 17.1 Å². The minimum absolute atomic E-state index is 0.0190. The Bertz CT molecular complexity index is 717. The third kappa shape index (κ3) is 3.05. The summed E-state index contributed by atoms with van der Waals surface area (Å²) in [5.41, 5.74) is 4.93. The molecule has 3 N–H and O–H groups in total. The Kier molecular flexibility index (Phi) is 3.72.